The van der Waals surface area contributed by atoms with Crippen LogP contribution >= 0.6 is 11.3 Å². The van der Waals surface area contributed by atoms with E-state index >= 15 is 0 Å². The molecule has 3 rings (SSSR count). The van der Waals surface area contributed by atoms with Crippen LogP contribution in [0.15, 0.2) is 36.1 Å². The molecule has 0 bridgehead atoms. The number of fused-ring (bicyclic) bond motifs is 1. The number of hydrogen-bond donors (Lipinski definition) is 0. The summed E-state index contributed by atoms with van der Waals surface area (Å²) < 4.78 is 2.06. The number of thiophene rings is 1. The van der Waals surface area contributed by atoms with Crippen LogP contribution in [0, 0.1) is 0 Å². The van der Waals surface area contributed by atoms with E-state index < -0.39 is 0 Å². The number of aromatic nitrogens is 3. The molecule has 0 aliphatic heterocycles. The average molecular weight is 229 g/mol. The Balaban J connectivity index is 2.30. The Morgan fingerprint density at radius 1 is 1.31 bits per heavy atom. The molecule has 16 heavy (non-hydrogen) atoms. The van der Waals surface area contributed by atoms with Crippen LogP contribution in [-0.4, -0.2) is 14.5 Å². The van der Waals surface area contributed by atoms with Crippen molar-refractivity contribution in [3.05, 3.63) is 36.1 Å². The van der Waals surface area contributed by atoms with E-state index in [0.29, 0.717) is 0 Å². The Hall–Kier alpha value is -1.68. The van der Waals surface area contributed by atoms with Crippen molar-refractivity contribution in [3.8, 4) is 10.4 Å². The molecule has 3 aromatic rings. The van der Waals surface area contributed by atoms with Gasteiger partial charge in [0.1, 0.15) is 5.52 Å². The Morgan fingerprint density at radius 3 is 3.00 bits per heavy atom. The molecule has 0 spiro atoms. The van der Waals surface area contributed by atoms with Gasteiger partial charge in [-0.05, 0) is 24.4 Å². The summed E-state index contributed by atoms with van der Waals surface area (Å²) in [5, 5.41) is 2.08. The molecule has 0 atom stereocenters. The smallest absolute Gasteiger partial charge is 0.160 e. The van der Waals surface area contributed by atoms with Gasteiger partial charge in [0, 0.05) is 23.2 Å². The van der Waals surface area contributed by atoms with Gasteiger partial charge in [-0.15, -0.1) is 11.3 Å². The second-order valence-electron chi connectivity index (χ2n) is 3.54. The van der Waals surface area contributed by atoms with E-state index in [0.717, 1.165) is 17.7 Å². The molecule has 0 aromatic carbocycles. The molecule has 3 nitrogen and oxygen atoms in total. The van der Waals surface area contributed by atoms with Crippen molar-refractivity contribution >= 4 is 22.5 Å². The molecular weight excluding hydrogens is 218 g/mol. The summed E-state index contributed by atoms with van der Waals surface area (Å²) in [6, 6.07) is 6.20. The fraction of sp³-hybridized carbons (Fsp3) is 0.167. The van der Waals surface area contributed by atoms with Gasteiger partial charge >= 0.3 is 0 Å². The van der Waals surface area contributed by atoms with E-state index in [-0.39, 0.29) is 0 Å². The zero-order valence-corrected chi connectivity index (χ0v) is 9.74. The molecule has 80 valence electrons. The normalized spacial score (nSPS) is 11.1. The molecule has 3 aromatic heterocycles. The van der Waals surface area contributed by atoms with Gasteiger partial charge in [0.25, 0.3) is 0 Å². The fourth-order valence-electron chi connectivity index (χ4n) is 1.82. The first-order chi connectivity index (χ1) is 7.90. The van der Waals surface area contributed by atoms with E-state index in [9.17, 15) is 0 Å². The minimum absolute atomic E-state index is 0.900. The maximum atomic E-state index is 4.45. The van der Waals surface area contributed by atoms with Crippen LogP contribution in [-0.2, 0) is 6.54 Å². The highest BCUT2D eigenvalue weighted by Crippen LogP contribution is 2.29. The monoisotopic (exact) mass is 229 g/mol. The highest BCUT2D eigenvalue weighted by atomic mass is 32.1. The van der Waals surface area contributed by atoms with Gasteiger partial charge in [-0.1, -0.05) is 6.07 Å². The van der Waals surface area contributed by atoms with Crippen LogP contribution in [0.4, 0.5) is 0 Å². The molecule has 3 heterocycles. The predicted octanol–water partition coefficient (Wildman–Crippen LogP) is 3.18. The van der Waals surface area contributed by atoms with Crippen LogP contribution in [0.25, 0.3) is 21.6 Å². The van der Waals surface area contributed by atoms with E-state index in [1.807, 2.05) is 18.6 Å². The SMILES string of the molecule is CCn1cnc2c(-c3cccs3)ccnc21. The summed E-state index contributed by atoms with van der Waals surface area (Å²) in [7, 11) is 0. The summed E-state index contributed by atoms with van der Waals surface area (Å²) in [4.78, 5) is 10.1. The molecule has 0 saturated heterocycles. The first-order valence-corrected chi connectivity index (χ1v) is 6.12. The van der Waals surface area contributed by atoms with Crippen LogP contribution in [0.1, 0.15) is 6.92 Å². The molecule has 0 saturated carbocycles. The Kier molecular flexibility index (Phi) is 2.22. The third kappa shape index (κ3) is 1.34. The van der Waals surface area contributed by atoms with Crippen LogP contribution in [0.5, 0.6) is 0 Å². The summed E-state index contributed by atoms with van der Waals surface area (Å²) in [5.74, 6) is 0. The largest absolute Gasteiger partial charge is 0.316 e. The number of nitrogens with zero attached hydrogens (tertiary/aromatic N) is 3. The van der Waals surface area contributed by atoms with Gasteiger partial charge in [-0.25, -0.2) is 9.97 Å². The number of pyridine rings is 1. The third-order valence-electron chi connectivity index (χ3n) is 2.63. The van der Waals surface area contributed by atoms with Crippen molar-refractivity contribution in [2.45, 2.75) is 13.5 Å². The first-order valence-electron chi connectivity index (χ1n) is 5.24. The molecule has 0 unspecified atom stereocenters. The zero-order chi connectivity index (χ0) is 11.0. The van der Waals surface area contributed by atoms with Crippen molar-refractivity contribution in [2.24, 2.45) is 0 Å². The molecule has 0 aliphatic rings. The highest BCUT2D eigenvalue weighted by molar-refractivity contribution is 7.13. The Morgan fingerprint density at radius 2 is 2.25 bits per heavy atom. The van der Waals surface area contributed by atoms with Crippen LogP contribution in [0.3, 0.4) is 0 Å². The number of rotatable bonds is 2. The molecule has 0 amide bonds. The minimum Gasteiger partial charge on any atom is -0.316 e. The summed E-state index contributed by atoms with van der Waals surface area (Å²) >= 11 is 1.73. The minimum atomic E-state index is 0.900. The van der Waals surface area contributed by atoms with E-state index in [2.05, 4.69) is 39.0 Å². The van der Waals surface area contributed by atoms with Gasteiger partial charge in [0.15, 0.2) is 5.65 Å². The molecule has 0 radical (unpaired) electrons. The molecule has 4 heteroatoms. The van der Waals surface area contributed by atoms with Gasteiger partial charge in [-0.2, -0.15) is 0 Å². The lowest BCUT2D eigenvalue weighted by molar-refractivity contribution is 0.778. The van der Waals surface area contributed by atoms with E-state index in [1.165, 1.54) is 10.4 Å². The lowest BCUT2D eigenvalue weighted by Gasteiger charge is -2.00. The van der Waals surface area contributed by atoms with Crippen molar-refractivity contribution in [2.75, 3.05) is 0 Å². The van der Waals surface area contributed by atoms with Crippen molar-refractivity contribution in [3.63, 3.8) is 0 Å². The number of aryl methyl sites for hydroxylation is 1. The average Bonchev–Trinajstić information content (AvgIpc) is 2.97. The quantitative estimate of drug-likeness (QED) is 0.675. The number of imidazole rings is 1. The van der Waals surface area contributed by atoms with Gasteiger partial charge in [0.2, 0.25) is 0 Å². The summed E-state index contributed by atoms with van der Waals surface area (Å²) in [6.07, 6.45) is 3.71. The predicted molar refractivity (Wildman–Crippen MR) is 66.5 cm³/mol. The van der Waals surface area contributed by atoms with Crippen molar-refractivity contribution in [1.82, 2.24) is 14.5 Å². The molecule has 0 N–H and O–H groups in total. The fourth-order valence-corrected chi connectivity index (χ4v) is 2.58. The molecule has 0 aliphatic carbocycles. The molecule has 0 fully saturated rings. The lowest BCUT2D eigenvalue weighted by atomic mass is 10.2. The maximum Gasteiger partial charge on any atom is 0.160 e. The van der Waals surface area contributed by atoms with E-state index in [1.54, 1.807) is 11.3 Å². The van der Waals surface area contributed by atoms with E-state index in [4.69, 9.17) is 0 Å². The van der Waals surface area contributed by atoms with Crippen molar-refractivity contribution < 1.29 is 0 Å². The highest BCUT2D eigenvalue weighted by Gasteiger charge is 2.09. The number of hydrogen-bond acceptors (Lipinski definition) is 3. The molecular formula is C12H11N3S. The summed E-state index contributed by atoms with van der Waals surface area (Å²) in [6.45, 7) is 3.00. The third-order valence-corrected chi connectivity index (χ3v) is 3.53. The van der Waals surface area contributed by atoms with Gasteiger partial charge in [0.05, 0.1) is 6.33 Å². The Labute approximate surface area is 97.4 Å². The van der Waals surface area contributed by atoms with Gasteiger partial charge in [-0.3, -0.25) is 0 Å². The van der Waals surface area contributed by atoms with Crippen molar-refractivity contribution in [1.29, 1.82) is 0 Å². The topological polar surface area (TPSA) is 30.7 Å². The zero-order valence-electron chi connectivity index (χ0n) is 8.92. The second-order valence-corrected chi connectivity index (χ2v) is 4.49. The Bertz CT molecular complexity index is 610. The lowest BCUT2D eigenvalue weighted by Crippen LogP contribution is -1.92. The standard InChI is InChI=1S/C12H11N3S/c1-2-15-8-14-11-9(5-6-13-12(11)15)10-4-3-7-16-10/h3-8H,2H2,1H3. The van der Waals surface area contributed by atoms with Crippen LogP contribution < -0.4 is 0 Å². The van der Waals surface area contributed by atoms with Gasteiger partial charge < -0.3 is 4.57 Å². The van der Waals surface area contributed by atoms with Crippen LogP contribution in [0.2, 0.25) is 0 Å². The first kappa shape index (κ1) is 9.54. The second kappa shape index (κ2) is 3.72. The summed E-state index contributed by atoms with van der Waals surface area (Å²) in [5.41, 5.74) is 3.13. The maximum absolute atomic E-state index is 4.45.